The molecule has 28 heavy (non-hydrogen) atoms. The molecule has 3 rings (SSSR count). The van der Waals surface area contributed by atoms with Crippen LogP contribution in [0.3, 0.4) is 0 Å². The van der Waals surface area contributed by atoms with E-state index in [2.05, 4.69) is 0 Å². The van der Waals surface area contributed by atoms with Crippen LogP contribution in [-0.4, -0.2) is 46.4 Å². The van der Waals surface area contributed by atoms with Gasteiger partial charge in [-0.25, -0.2) is 0 Å². The van der Waals surface area contributed by atoms with Crippen molar-refractivity contribution in [1.82, 2.24) is 0 Å². The second-order valence-electron chi connectivity index (χ2n) is 6.02. The molecular weight excluding hydrogens is 400 g/mol. The Hall–Kier alpha value is -2.06. The fourth-order valence-electron chi connectivity index (χ4n) is 3.14. The van der Waals surface area contributed by atoms with Gasteiger partial charge < -0.3 is 28.8 Å². The van der Waals surface area contributed by atoms with E-state index in [1.165, 1.54) is 7.11 Å². The Morgan fingerprint density at radius 1 is 0.750 bits per heavy atom. The van der Waals surface area contributed by atoms with Crippen molar-refractivity contribution in [1.29, 1.82) is 0 Å². The molecule has 2 aromatic rings. The second kappa shape index (κ2) is 8.96. The molecule has 1 aliphatic heterocycles. The van der Waals surface area contributed by atoms with Crippen molar-refractivity contribution >= 4 is 23.5 Å². The number of hydrogen-bond acceptors (Lipinski definition) is 8. The largest absolute Gasteiger partial charge is 0.504 e. The number of ether oxygens (including phenoxy) is 5. The van der Waals surface area contributed by atoms with Gasteiger partial charge in [0.2, 0.25) is 11.5 Å². The zero-order valence-electron chi connectivity index (χ0n) is 16.5. The molecule has 0 aromatic heterocycles. The second-order valence-corrected chi connectivity index (χ2v) is 8.77. The third kappa shape index (κ3) is 3.89. The van der Waals surface area contributed by atoms with Crippen LogP contribution in [0.25, 0.3) is 0 Å². The van der Waals surface area contributed by atoms with Crippen molar-refractivity contribution in [3.05, 3.63) is 35.4 Å². The minimum absolute atomic E-state index is 0.0780. The number of benzene rings is 2. The maximum atomic E-state index is 10.3. The van der Waals surface area contributed by atoms with Crippen LogP contribution in [0.1, 0.15) is 21.0 Å². The maximum absolute atomic E-state index is 10.3. The molecule has 0 radical (unpaired) electrons. The van der Waals surface area contributed by atoms with Gasteiger partial charge in [0.1, 0.15) is 0 Å². The number of rotatable bonds is 7. The van der Waals surface area contributed by atoms with E-state index in [1.54, 1.807) is 34.5 Å². The number of thioether (sulfide) groups is 2. The Morgan fingerprint density at radius 2 is 1.29 bits per heavy atom. The molecule has 1 saturated heterocycles. The number of aromatic hydroxyl groups is 1. The van der Waals surface area contributed by atoms with Crippen molar-refractivity contribution in [2.24, 2.45) is 0 Å². The Bertz CT molecular complexity index is 817. The van der Waals surface area contributed by atoms with Crippen LogP contribution in [0, 0.1) is 0 Å². The van der Waals surface area contributed by atoms with Gasteiger partial charge in [0.25, 0.3) is 0 Å². The third-order valence-corrected chi connectivity index (χ3v) is 7.84. The fraction of sp³-hybridized carbons (Fsp3) is 0.400. The van der Waals surface area contributed by atoms with E-state index in [0.717, 1.165) is 16.9 Å². The lowest BCUT2D eigenvalue weighted by Gasteiger charge is -2.17. The summed E-state index contributed by atoms with van der Waals surface area (Å²) in [6, 6.07) is 7.65. The van der Waals surface area contributed by atoms with Gasteiger partial charge in [-0.15, -0.1) is 23.5 Å². The Kier molecular flexibility index (Phi) is 6.61. The van der Waals surface area contributed by atoms with Crippen LogP contribution >= 0.6 is 23.5 Å². The first-order chi connectivity index (χ1) is 13.6. The molecule has 8 heteroatoms. The molecule has 0 aliphatic carbocycles. The van der Waals surface area contributed by atoms with Crippen LogP contribution < -0.4 is 23.7 Å². The number of hydrogen-bond donors (Lipinski definition) is 1. The molecule has 0 spiro atoms. The number of phenolic OH excluding ortho intramolecular Hbond substituents is 1. The van der Waals surface area contributed by atoms with E-state index in [9.17, 15) is 5.11 Å². The van der Waals surface area contributed by atoms with Gasteiger partial charge in [0.15, 0.2) is 23.0 Å². The number of phenols is 1. The summed E-state index contributed by atoms with van der Waals surface area (Å²) in [6.45, 7) is 0. The first-order valence-corrected chi connectivity index (χ1v) is 10.6. The molecule has 2 atom stereocenters. The first kappa shape index (κ1) is 20.7. The SMILES string of the molecule is COc1cc(C2SCC(c3cc(OC)c(OC)c(OC)c3)S2)cc(O)c1OC. The van der Waals surface area contributed by atoms with E-state index >= 15 is 0 Å². The van der Waals surface area contributed by atoms with E-state index in [0.29, 0.717) is 28.7 Å². The van der Waals surface area contributed by atoms with Crippen molar-refractivity contribution in [3.63, 3.8) is 0 Å². The standard InChI is InChI=1S/C20H24O6S2/c1-22-14-9-12(6-13(21)18(14)25-4)20-27-10-17(28-20)11-7-15(23-2)19(26-5)16(8-11)24-3/h6-9,17,20-21H,10H2,1-5H3. The molecule has 1 fully saturated rings. The summed E-state index contributed by atoms with van der Waals surface area (Å²) in [5.41, 5.74) is 2.10. The van der Waals surface area contributed by atoms with Gasteiger partial charge in [-0.3, -0.25) is 0 Å². The Morgan fingerprint density at radius 3 is 1.82 bits per heavy atom. The lowest BCUT2D eigenvalue weighted by molar-refractivity contribution is 0.324. The molecule has 2 unspecified atom stereocenters. The summed E-state index contributed by atoms with van der Waals surface area (Å²) >= 11 is 3.63. The monoisotopic (exact) mass is 424 g/mol. The average Bonchev–Trinajstić information content (AvgIpc) is 3.22. The third-order valence-electron chi connectivity index (χ3n) is 4.50. The molecule has 1 heterocycles. The lowest BCUT2D eigenvalue weighted by atomic mass is 10.1. The highest BCUT2D eigenvalue weighted by Gasteiger charge is 2.31. The number of methoxy groups -OCH3 is 5. The Labute approximate surface area is 173 Å². The lowest BCUT2D eigenvalue weighted by Crippen LogP contribution is -1.99. The highest BCUT2D eigenvalue weighted by Crippen LogP contribution is 2.58. The fourth-order valence-corrected chi connectivity index (χ4v) is 6.40. The summed E-state index contributed by atoms with van der Waals surface area (Å²) in [4.78, 5) is 0. The van der Waals surface area contributed by atoms with Crippen LogP contribution in [0.4, 0.5) is 0 Å². The van der Waals surface area contributed by atoms with Crippen LogP contribution in [-0.2, 0) is 0 Å². The topological polar surface area (TPSA) is 66.4 Å². The van der Waals surface area contributed by atoms with E-state index < -0.39 is 0 Å². The highest BCUT2D eigenvalue weighted by atomic mass is 32.2. The molecule has 152 valence electrons. The van der Waals surface area contributed by atoms with Crippen molar-refractivity contribution in [2.75, 3.05) is 41.3 Å². The van der Waals surface area contributed by atoms with Crippen LogP contribution in [0.15, 0.2) is 24.3 Å². The van der Waals surface area contributed by atoms with Gasteiger partial charge in [0, 0.05) is 11.0 Å². The van der Waals surface area contributed by atoms with Gasteiger partial charge in [-0.05, 0) is 35.4 Å². The van der Waals surface area contributed by atoms with Gasteiger partial charge in [-0.1, -0.05) is 0 Å². The molecule has 1 N–H and O–H groups in total. The predicted molar refractivity (Wildman–Crippen MR) is 113 cm³/mol. The molecule has 1 aliphatic rings. The molecule has 6 nitrogen and oxygen atoms in total. The summed E-state index contributed by atoms with van der Waals surface area (Å²) < 4.78 is 27.1. The van der Waals surface area contributed by atoms with E-state index in [1.807, 2.05) is 41.7 Å². The highest BCUT2D eigenvalue weighted by molar-refractivity contribution is 8.19. The summed E-state index contributed by atoms with van der Waals surface area (Å²) in [6.07, 6.45) is 0. The van der Waals surface area contributed by atoms with Crippen LogP contribution in [0.2, 0.25) is 0 Å². The molecule has 0 amide bonds. The van der Waals surface area contributed by atoms with Gasteiger partial charge in [0.05, 0.1) is 40.1 Å². The zero-order chi connectivity index (χ0) is 20.3. The first-order valence-electron chi connectivity index (χ1n) is 8.58. The zero-order valence-corrected chi connectivity index (χ0v) is 18.1. The maximum Gasteiger partial charge on any atom is 0.203 e. The smallest absolute Gasteiger partial charge is 0.203 e. The molecular formula is C20H24O6S2. The van der Waals surface area contributed by atoms with E-state index in [4.69, 9.17) is 23.7 Å². The van der Waals surface area contributed by atoms with Crippen molar-refractivity contribution in [2.45, 2.75) is 9.83 Å². The van der Waals surface area contributed by atoms with E-state index in [-0.39, 0.29) is 15.6 Å². The normalized spacial score (nSPS) is 18.6. The minimum atomic E-state index is 0.0780. The van der Waals surface area contributed by atoms with Crippen molar-refractivity contribution in [3.8, 4) is 34.5 Å². The quantitative estimate of drug-likeness (QED) is 0.689. The molecule has 2 aromatic carbocycles. The summed E-state index contributed by atoms with van der Waals surface area (Å²) in [5, 5.41) is 10.5. The summed E-state index contributed by atoms with van der Waals surface area (Å²) in [5.74, 6) is 3.75. The summed E-state index contributed by atoms with van der Waals surface area (Å²) in [7, 11) is 7.91. The van der Waals surface area contributed by atoms with Crippen LogP contribution in [0.5, 0.6) is 34.5 Å². The molecule has 0 saturated carbocycles. The predicted octanol–water partition coefficient (Wildman–Crippen LogP) is 4.66. The minimum Gasteiger partial charge on any atom is -0.504 e. The average molecular weight is 425 g/mol. The van der Waals surface area contributed by atoms with Gasteiger partial charge in [-0.2, -0.15) is 0 Å². The van der Waals surface area contributed by atoms with Gasteiger partial charge >= 0.3 is 0 Å². The Balaban J connectivity index is 1.87. The van der Waals surface area contributed by atoms with Crippen molar-refractivity contribution < 1.29 is 28.8 Å². The molecule has 0 bridgehead atoms.